The van der Waals surface area contributed by atoms with Gasteiger partial charge in [-0.25, -0.2) is 0 Å². The molecule has 0 spiro atoms. The smallest absolute Gasteiger partial charge is 0.134 e. The van der Waals surface area contributed by atoms with Crippen LogP contribution in [0.25, 0.3) is 11.0 Å². The van der Waals surface area contributed by atoms with Crippen molar-refractivity contribution in [3.05, 3.63) is 36.1 Å². The standard InChI is InChI=1S/C16H22N2O/c1-3-8-18(14-10-17-11-14)12(2)16-9-13-6-4-5-7-15(13)19-16/h4-7,9,12,14,17H,3,8,10-11H2,1-2H3. The molecule has 1 aliphatic rings. The van der Waals surface area contributed by atoms with Crippen LogP contribution in [-0.2, 0) is 0 Å². The van der Waals surface area contributed by atoms with E-state index in [2.05, 4.69) is 42.3 Å². The summed E-state index contributed by atoms with van der Waals surface area (Å²) in [5.41, 5.74) is 0.993. The van der Waals surface area contributed by atoms with Crippen molar-refractivity contribution in [1.29, 1.82) is 0 Å². The summed E-state index contributed by atoms with van der Waals surface area (Å²) >= 11 is 0. The summed E-state index contributed by atoms with van der Waals surface area (Å²) < 4.78 is 6.01. The van der Waals surface area contributed by atoms with E-state index < -0.39 is 0 Å². The van der Waals surface area contributed by atoms with Gasteiger partial charge in [-0.2, -0.15) is 0 Å². The third-order valence-electron chi connectivity index (χ3n) is 4.06. The van der Waals surface area contributed by atoms with E-state index in [1.807, 2.05) is 12.1 Å². The van der Waals surface area contributed by atoms with Crippen molar-refractivity contribution < 1.29 is 4.42 Å². The summed E-state index contributed by atoms with van der Waals surface area (Å²) in [5.74, 6) is 1.08. The second-order valence-corrected chi connectivity index (χ2v) is 5.41. The lowest BCUT2D eigenvalue weighted by molar-refractivity contribution is 0.0923. The van der Waals surface area contributed by atoms with Crippen molar-refractivity contribution >= 4 is 11.0 Å². The molecule has 3 nitrogen and oxygen atoms in total. The van der Waals surface area contributed by atoms with E-state index in [1.165, 1.54) is 11.8 Å². The van der Waals surface area contributed by atoms with Crippen molar-refractivity contribution in [1.82, 2.24) is 10.2 Å². The zero-order valence-electron chi connectivity index (χ0n) is 11.7. The first kappa shape index (κ1) is 12.7. The molecule has 1 N–H and O–H groups in total. The van der Waals surface area contributed by atoms with Crippen LogP contribution in [0.2, 0.25) is 0 Å². The Bertz CT molecular complexity index is 511. The summed E-state index contributed by atoms with van der Waals surface area (Å²) in [5, 5.41) is 4.56. The molecule has 0 radical (unpaired) electrons. The van der Waals surface area contributed by atoms with Gasteiger partial charge in [-0.05, 0) is 32.0 Å². The van der Waals surface area contributed by atoms with Gasteiger partial charge in [0.2, 0.25) is 0 Å². The Hall–Kier alpha value is -1.32. The van der Waals surface area contributed by atoms with Crippen LogP contribution in [0.1, 0.15) is 32.1 Å². The molecular weight excluding hydrogens is 236 g/mol. The first-order chi connectivity index (χ1) is 9.29. The molecule has 102 valence electrons. The van der Waals surface area contributed by atoms with Crippen molar-refractivity contribution in [2.75, 3.05) is 19.6 Å². The van der Waals surface area contributed by atoms with E-state index >= 15 is 0 Å². The van der Waals surface area contributed by atoms with Gasteiger partial charge in [0.05, 0.1) is 6.04 Å². The number of hydrogen-bond donors (Lipinski definition) is 1. The summed E-state index contributed by atoms with van der Waals surface area (Å²) in [6, 6.07) is 11.4. The number of furan rings is 1. The van der Waals surface area contributed by atoms with E-state index in [4.69, 9.17) is 4.42 Å². The van der Waals surface area contributed by atoms with Crippen molar-refractivity contribution in [3.63, 3.8) is 0 Å². The minimum Gasteiger partial charge on any atom is -0.459 e. The molecular formula is C16H22N2O. The van der Waals surface area contributed by atoms with Gasteiger partial charge in [-0.15, -0.1) is 0 Å². The van der Waals surface area contributed by atoms with Gasteiger partial charge < -0.3 is 9.73 Å². The van der Waals surface area contributed by atoms with E-state index in [-0.39, 0.29) is 0 Å². The molecule has 1 fully saturated rings. The molecule has 1 aliphatic heterocycles. The van der Waals surface area contributed by atoms with Crippen LogP contribution in [0.15, 0.2) is 34.7 Å². The number of rotatable bonds is 5. The third-order valence-corrected chi connectivity index (χ3v) is 4.06. The highest BCUT2D eigenvalue weighted by Gasteiger charge is 2.29. The van der Waals surface area contributed by atoms with E-state index in [0.29, 0.717) is 12.1 Å². The molecule has 1 aromatic carbocycles. The molecule has 2 aromatic rings. The second kappa shape index (κ2) is 5.35. The van der Waals surface area contributed by atoms with E-state index in [1.54, 1.807) is 0 Å². The van der Waals surface area contributed by atoms with Gasteiger partial charge >= 0.3 is 0 Å². The molecule has 19 heavy (non-hydrogen) atoms. The average Bonchev–Trinajstić information content (AvgIpc) is 2.79. The fraction of sp³-hybridized carbons (Fsp3) is 0.500. The van der Waals surface area contributed by atoms with E-state index in [0.717, 1.165) is 31.0 Å². The number of benzene rings is 1. The molecule has 0 aliphatic carbocycles. The molecule has 1 saturated heterocycles. The lowest BCUT2D eigenvalue weighted by Gasteiger charge is -2.41. The van der Waals surface area contributed by atoms with Crippen LogP contribution < -0.4 is 5.32 Å². The zero-order valence-corrected chi connectivity index (χ0v) is 11.7. The van der Waals surface area contributed by atoms with Gasteiger partial charge in [0, 0.05) is 24.5 Å². The Morgan fingerprint density at radius 1 is 1.37 bits per heavy atom. The van der Waals surface area contributed by atoms with Crippen LogP contribution in [0.4, 0.5) is 0 Å². The molecule has 1 atom stereocenters. The Morgan fingerprint density at radius 2 is 2.16 bits per heavy atom. The first-order valence-corrected chi connectivity index (χ1v) is 7.24. The SMILES string of the molecule is CCCN(C1CNC1)C(C)c1cc2ccccc2o1. The van der Waals surface area contributed by atoms with Gasteiger partial charge in [0.15, 0.2) is 0 Å². The molecule has 3 rings (SSSR count). The van der Waals surface area contributed by atoms with Crippen molar-refractivity contribution in [2.24, 2.45) is 0 Å². The lowest BCUT2D eigenvalue weighted by Crippen LogP contribution is -2.57. The number of nitrogens with one attached hydrogen (secondary N) is 1. The maximum absolute atomic E-state index is 6.01. The molecule has 0 bridgehead atoms. The quantitative estimate of drug-likeness (QED) is 0.893. The highest BCUT2D eigenvalue weighted by Crippen LogP contribution is 2.29. The molecule has 1 unspecified atom stereocenters. The van der Waals surface area contributed by atoms with Gasteiger partial charge in [-0.3, -0.25) is 4.90 Å². The zero-order chi connectivity index (χ0) is 13.2. The second-order valence-electron chi connectivity index (χ2n) is 5.41. The lowest BCUT2D eigenvalue weighted by atomic mass is 10.1. The summed E-state index contributed by atoms with van der Waals surface area (Å²) in [6.07, 6.45) is 1.18. The maximum atomic E-state index is 6.01. The minimum absolute atomic E-state index is 0.347. The van der Waals surface area contributed by atoms with Gasteiger partial charge in [-0.1, -0.05) is 25.1 Å². The first-order valence-electron chi connectivity index (χ1n) is 7.24. The van der Waals surface area contributed by atoms with Gasteiger partial charge in [0.1, 0.15) is 11.3 Å². The van der Waals surface area contributed by atoms with Gasteiger partial charge in [0.25, 0.3) is 0 Å². The van der Waals surface area contributed by atoms with Crippen molar-refractivity contribution in [2.45, 2.75) is 32.4 Å². The fourth-order valence-electron chi connectivity index (χ4n) is 2.83. The molecule has 2 heterocycles. The number of fused-ring (bicyclic) bond motifs is 1. The number of para-hydroxylation sites is 1. The Balaban J connectivity index is 1.85. The third kappa shape index (κ3) is 2.40. The van der Waals surface area contributed by atoms with Crippen molar-refractivity contribution in [3.8, 4) is 0 Å². The minimum atomic E-state index is 0.347. The van der Waals surface area contributed by atoms with Crippen LogP contribution in [-0.4, -0.2) is 30.6 Å². The Labute approximate surface area is 114 Å². The molecule has 1 aromatic heterocycles. The summed E-state index contributed by atoms with van der Waals surface area (Å²) in [7, 11) is 0. The number of hydrogen-bond acceptors (Lipinski definition) is 3. The monoisotopic (exact) mass is 258 g/mol. The van der Waals surface area contributed by atoms with Crippen LogP contribution in [0.5, 0.6) is 0 Å². The Kier molecular flexibility index (Phi) is 3.58. The Morgan fingerprint density at radius 3 is 2.79 bits per heavy atom. The predicted molar refractivity (Wildman–Crippen MR) is 78.3 cm³/mol. The van der Waals surface area contributed by atoms with Crippen LogP contribution in [0.3, 0.4) is 0 Å². The summed E-state index contributed by atoms with van der Waals surface area (Å²) in [6.45, 7) is 7.83. The maximum Gasteiger partial charge on any atom is 0.134 e. The topological polar surface area (TPSA) is 28.4 Å². The predicted octanol–water partition coefficient (Wildman–Crippen LogP) is 3.18. The van der Waals surface area contributed by atoms with E-state index in [9.17, 15) is 0 Å². The molecule has 0 saturated carbocycles. The fourth-order valence-corrected chi connectivity index (χ4v) is 2.83. The number of nitrogens with zero attached hydrogens (tertiary/aromatic N) is 1. The highest BCUT2D eigenvalue weighted by atomic mass is 16.3. The highest BCUT2D eigenvalue weighted by molar-refractivity contribution is 5.77. The molecule has 0 amide bonds. The molecule has 3 heteroatoms. The van der Waals surface area contributed by atoms with Crippen LogP contribution in [0, 0.1) is 0 Å². The summed E-state index contributed by atoms with van der Waals surface area (Å²) in [4.78, 5) is 2.56. The van der Waals surface area contributed by atoms with Crippen LogP contribution >= 0.6 is 0 Å². The normalized spacial score (nSPS) is 17.8. The average molecular weight is 258 g/mol. The largest absolute Gasteiger partial charge is 0.459 e.